The van der Waals surface area contributed by atoms with E-state index >= 15 is 0 Å². The van der Waals surface area contributed by atoms with Crippen LogP contribution in [0, 0.1) is 0 Å². The molecule has 1 amide bonds. The van der Waals surface area contributed by atoms with Crippen molar-refractivity contribution in [3.8, 4) is 0 Å². The van der Waals surface area contributed by atoms with Gasteiger partial charge in [-0.1, -0.05) is 30.3 Å². The van der Waals surface area contributed by atoms with Crippen LogP contribution in [0.4, 0.5) is 16.3 Å². The normalized spacial score (nSPS) is 14.8. The van der Waals surface area contributed by atoms with Crippen LogP contribution in [0.3, 0.4) is 0 Å². The van der Waals surface area contributed by atoms with Gasteiger partial charge in [0, 0.05) is 6.54 Å². The van der Waals surface area contributed by atoms with Crippen LogP contribution in [0.15, 0.2) is 48.7 Å². The van der Waals surface area contributed by atoms with Crippen molar-refractivity contribution in [3.63, 3.8) is 0 Å². The average Bonchev–Trinajstić information content (AvgIpc) is 3.33. The molecular formula is C17H20N4O2. The monoisotopic (exact) mass is 312 g/mol. The standard InChI is InChI=1S/C17H20N4O2/c18-14-6-7-15(19-10-14)20-12-17(8-9-17)21-16(22)23-11-13-4-2-1-3-5-13/h1-7,10H,8-9,11-12,18H2,(H,19,20)(H,21,22). The lowest BCUT2D eigenvalue weighted by molar-refractivity contribution is 0.135. The van der Waals surface area contributed by atoms with Crippen LogP contribution in [0.5, 0.6) is 0 Å². The van der Waals surface area contributed by atoms with Gasteiger partial charge in [-0.3, -0.25) is 0 Å². The lowest BCUT2D eigenvalue weighted by atomic mass is 10.2. The Hall–Kier alpha value is -2.76. The van der Waals surface area contributed by atoms with Gasteiger partial charge in [0.2, 0.25) is 0 Å². The van der Waals surface area contributed by atoms with Crippen molar-refractivity contribution in [1.29, 1.82) is 0 Å². The van der Waals surface area contributed by atoms with Crippen LogP contribution in [-0.4, -0.2) is 23.2 Å². The first-order chi connectivity index (χ1) is 11.2. The molecule has 0 radical (unpaired) electrons. The van der Waals surface area contributed by atoms with Gasteiger partial charge in [-0.2, -0.15) is 0 Å². The summed E-state index contributed by atoms with van der Waals surface area (Å²) in [5.41, 5.74) is 6.96. The zero-order valence-corrected chi connectivity index (χ0v) is 12.8. The Bertz CT molecular complexity index is 654. The molecule has 1 fully saturated rings. The summed E-state index contributed by atoms with van der Waals surface area (Å²) < 4.78 is 5.26. The molecule has 6 nitrogen and oxygen atoms in total. The fraction of sp³-hybridized carbons (Fsp3) is 0.294. The van der Waals surface area contributed by atoms with E-state index in [1.54, 1.807) is 12.3 Å². The van der Waals surface area contributed by atoms with E-state index in [9.17, 15) is 4.79 Å². The molecule has 4 N–H and O–H groups in total. The van der Waals surface area contributed by atoms with Gasteiger partial charge in [-0.25, -0.2) is 9.78 Å². The summed E-state index contributed by atoms with van der Waals surface area (Å²) in [7, 11) is 0. The number of benzene rings is 1. The summed E-state index contributed by atoms with van der Waals surface area (Å²) >= 11 is 0. The highest BCUT2D eigenvalue weighted by atomic mass is 16.5. The molecule has 0 atom stereocenters. The van der Waals surface area contributed by atoms with Crippen LogP contribution in [0.2, 0.25) is 0 Å². The number of amides is 1. The summed E-state index contributed by atoms with van der Waals surface area (Å²) in [6, 6.07) is 13.2. The van der Waals surface area contributed by atoms with Crippen molar-refractivity contribution in [3.05, 3.63) is 54.2 Å². The molecule has 23 heavy (non-hydrogen) atoms. The zero-order valence-electron chi connectivity index (χ0n) is 12.8. The largest absolute Gasteiger partial charge is 0.445 e. The predicted octanol–water partition coefficient (Wildman–Crippen LogP) is 2.53. The zero-order chi connectivity index (χ0) is 16.1. The van der Waals surface area contributed by atoms with Crippen molar-refractivity contribution in [2.75, 3.05) is 17.6 Å². The lowest BCUT2D eigenvalue weighted by Crippen LogP contribution is -2.42. The number of ether oxygens (including phenoxy) is 1. The van der Waals surface area contributed by atoms with E-state index in [1.807, 2.05) is 36.4 Å². The molecule has 1 saturated carbocycles. The Balaban J connectivity index is 1.45. The molecule has 120 valence electrons. The SMILES string of the molecule is Nc1ccc(NCC2(NC(=O)OCc3ccccc3)CC2)nc1. The fourth-order valence-corrected chi connectivity index (χ4v) is 2.24. The molecule has 0 saturated heterocycles. The Morgan fingerprint density at radius 3 is 2.65 bits per heavy atom. The molecule has 3 rings (SSSR count). The number of hydrogen-bond acceptors (Lipinski definition) is 5. The maximum atomic E-state index is 11.9. The molecule has 2 aromatic rings. The Kier molecular flexibility index (Phi) is 4.32. The maximum Gasteiger partial charge on any atom is 0.407 e. The third kappa shape index (κ3) is 4.35. The van der Waals surface area contributed by atoms with Crippen LogP contribution >= 0.6 is 0 Å². The number of nitrogens with one attached hydrogen (secondary N) is 2. The van der Waals surface area contributed by atoms with Crippen molar-refractivity contribution in [2.45, 2.75) is 25.0 Å². The summed E-state index contributed by atoms with van der Waals surface area (Å²) in [6.45, 7) is 0.889. The Morgan fingerprint density at radius 2 is 2.00 bits per heavy atom. The Morgan fingerprint density at radius 1 is 1.22 bits per heavy atom. The molecule has 0 bridgehead atoms. The quantitative estimate of drug-likeness (QED) is 0.762. The van der Waals surface area contributed by atoms with Crippen molar-refractivity contribution >= 4 is 17.6 Å². The number of hydrogen-bond donors (Lipinski definition) is 3. The molecule has 0 unspecified atom stereocenters. The van der Waals surface area contributed by atoms with Gasteiger partial charge in [0.25, 0.3) is 0 Å². The number of nitrogen functional groups attached to an aromatic ring is 1. The van der Waals surface area contributed by atoms with Gasteiger partial charge in [-0.05, 0) is 30.5 Å². The van der Waals surface area contributed by atoms with Gasteiger partial charge in [0.15, 0.2) is 0 Å². The third-order valence-electron chi connectivity index (χ3n) is 3.83. The third-order valence-corrected chi connectivity index (χ3v) is 3.83. The van der Waals surface area contributed by atoms with Crippen molar-refractivity contribution < 1.29 is 9.53 Å². The second kappa shape index (κ2) is 6.56. The first-order valence-corrected chi connectivity index (χ1v) is 7.60. The topological polar surface area (TPSA) is 89.3 Å². The van der Waals surface area contributed by atoms with E-state index in [1.165, 1.54) is 0 Å². The van der Waals surface area contributed by atoms with Gasteiger partial charge >= 0.3 is 6.09 Å². The summed E-state index contributed by atoms with van der Waals surface area (Å²) in [5, 5.41) is 6.16. The highest BCUT2D eigenvalue weighted by Gasteiger charge is 2.44. The van der Waals surface area contributed by atoms with Gasteiger partial charge in [0.1, 0.15) is 12.4 Å². The smallest absolute Gasteiger partial charge is 0.407 e. The summed E-state index contributed by atoms with van der Waals surface area (Å²) in [5.74, 6) is 0.741. The number of nitrogens with two attached hydrogens (primary N) is 1. The molecule has 1 heterocycles. The number of carbonyl (C=O) groups excluding carboxylic acids is 1. The van der Waals surface area contributed by atoms with Crippen LogP contribution in [-0.2, 0) is 11.3 Å². The van der Waals surface area contributed by atoms with Gasteiger partial charge in [-0.15, -0.1) is 0 Å². The molecule has 6 heteroatoms. The minimum atomic E-state index is -0.390. The first-order valence-electron chi connectivity index (χ1n) is 7.60. The minimum absolute atomic E-state index is 0.239. The number of nitrogens with zero attached hydrogens (tertiary/aromatic N) is 1. The van der Waals surface area contributed by atoms with Gasteiger partial charge < -0.3 is 21.1 Å². The van der Waals surface area contributed by atoms with E-state index in [0.717, 1.165) is 24.2 Å². The number of aromatic nitrogens is 1. The molecular weight excluding hydrogens is 292 g/mol. The van der Waals surface area contributed by atoms with Crippen LogP contribution in [0.25, 0.3) is 0 Å². The predicted molar refractivity (Wildman–Crippen MR) is 88.9 cm³/mol. The first kappa shape index (κ1) is 15.1. The van der Waals surface area contributed by atoms with Crippen molar-refractivity contribution in [1.82, 2.24) is 10.3 Å². The lowest BCUT2D eigenvalue weighted by Gasteiger charge is -2.18. The maximum absolute atomic E-state index is 11.9. The van der Waals surface area contributed by atoms with Gasteiger partial charge in [0.05, 0.1) is 17.4 Å². The second-order valence-electron chi connectivity index (χ2n) is 5.80. The molecule has 1 aromatic carbocycles. The highest BCUT2D eigenvalue weighted by Crippen LogP contribution is 2.35. The minimum Gasteiger partial charge on any atom is -0.445 e. The van der Waals surface area contributed by atoms with E-state index < -0.39 is 6.09 Å². The number of anilines is 2. The van der Waals surface area contributed by atoms with E-state index in [-0.39, 0.29) is 12.1 Å². The number of rotatable bonds is 6. The molecule has 0 spiro atoms. The van der Waals surface area contributed by atoms with E-state index in [2.05, 4.69) is 15.6 Å². The van der Waals surface area contributed by atoms with Crippen LogP contribution < -0.4 is 16.4 Å². The van der Waals surface area contributed by atoms with E-state index in [0.29, 0.717) is 12.2 Å². The molecule has 1 aliphatic carbocycles. The number of alkyl carbamates (subject to hydrolysis) is 1. The number of pyridine rings is 1. The summed E-state index contributed by atoms with van der Waals surface area (Å²) in [6.07, 6.45) is 3.06. The Labute approximate surface area is 135 Å². The highest BCUT2D eigenvalue weighted by molar-refractivity contribution is 5.69. The van der Waals surface area contributed by atoms with Crippen molar-refractivity contribution in [2.24, 2.45) is 0 Å². The summed E-state index contributed by atoms with van der Waals surface area (Å²) in [4.78, 5) is 16.1. The fourth-order valence-electron chi connectivity index (χ4n) is 2.24. The molecule has 1 aliphatic rings. The number of carbonyl (C=O) groups is 1. The molecule has 1 aromatic heterocycles. The second-order valence-corrected chi connectivity index (χ2v) is 5.80. The van der Waals surface area contributed by atoms with E-state index in [4.69, 9.17) is 10.5 Å². The van der Waals surface area contributed by atoms with Crippen LogP contribution in [0.1, 0.15) is 18.4 Å². The average molecular weight is 312 g/mol. The molecule has 0 aliphatic heterocycles.